The van der Waals surface area contributed by atoms with Crippen molar-refractivity contribution in [1.82, 2.24) is 24.3 Å². The molecule has 2 aliphatic heterocycles. The van der Waals surface area contributed by atoms with Crippen molar-refractivity contribution < 1.29 is 19.4 Å². The van der Waals surface area contributed by atoms with E-state index in [1.807, 2.05) is 27.8 Å². The molecule has 4 rings (SSSR count). The Morgan fingerprint density at radius 3 is 2.67 bits per heavy atom. The number of ether oxygens (including phenoxy) is 1. The van der Waals surface area contributed by atoms with Gasteiger partial charge in [-0.3, -0.25) is 14.5 Å². The van der Waals surface area contributed by atoms with Gasteiger partial charge in [0.15, 0.2) is 0 Å². The summed E-state index contributed by atoms with van der Waals surface area (Å²) in [5.41, 5.74) is 2.17. The van der Waals surface area contributed by atoms with Gasteiger partial charge in [0.2, 0.25) is 5.91 Å². The minimum atomic E-state index is -0.797. The van der Waals surface area contributed by atoms with Crippen LogP contribution in [0.1, 0.15) is 56.1 Å². The highest BCUT2D eigenvalue weighted by atomic mass is 16.5. The number of rotatable bonds is 15. The largest absolute Gasteiger partial charge is 0.493 e. The molecule has 0 radical (unpaired) electrons. The molecule has 1 amide bonds. The topological polar surface area (TPSA) is 91.1 Å². The fourth-order valence-corrected chi connectivity index (χ4v) is 6.04. The molecule has 1 saturated heterocycles. The number of carbonyl (C=O) groups is 2. The number of fused-ring (bicyclic) bond motifs is 1. The highest BCUT2D eigenvalue weighted by Crippen LogP contribution is 2.41. The van der Waals surface area contributed by atoms with Crippen LogP contribution in [0.4, 0.5) is 0 Å². The molecule has 1 N–H and O–H groups in total. The number of benzene rings is 1. The Hall–Kier alpha value is -2.91. The summed E-state index contributed by atoms with van der Waals surface area (Å²) in [5.74, 6) is -0.570. The monoisotopic (exact) mass is 539 g/mol. The Morgan fingerprint density at radius 1 is 1.15 bits per heavy atom. The molecule has 0 bridgehead atoms. The molecule has 2 aliphatic rings. The second kappa shape index (κ2) is 13.9. The molecule has 1 aromatic heterocycles. The van der Waals surface area contributed by atoms with Gasteiger partial charge in [-0.25, -0.2) is 4.98 Å². The van der Waals surface area contributed by atoms with Crippen molar-refractivity contribution >= 4 is 11.9 Å². The number of imidazole rings is 1. The number of hydrogen-bond acceptors (Lipinski definition) is 6. The summed E-state index contributed by atoms with van der Waals surface area (Å²) in [7, 11) is 4.14. The molecule has 3 atom stereocenters. The van der Waals surface area contributed by atoms with Crippen LogP contribution in [0.25, 0.3) is 0 Å². The molecule has 2 aromatic rings. The van der Waals surface area contributed by atoms with E-state index < -0.39 is 11.9 Å². The minimum Gasteiger partial charge on any atom is -0.493 e. The van der Waals surface area contributed by atoms with Crippen LogP contribution < -0.4 is 4.74 Å². The average Bonchev–Trinajstić information content (AvgIpc) is 3.66. The Bertz CT molecular complexity index is 1070. The molecule has 0 unspecified atom stereocenters. The number of aromatic nitrogens is 2. The van der Waals surface area contributed by atoms with Gasteiger partial charge in [-0.2, -0.15) is 0 Å². The van der Waals surface area contributed by atoms with Gasteiger partial charge in [0.25, 0.3) is 0 Å². The number of carboxylic acid groups (broad SMARTS) is 1. The van der Waals surface area contributed by atoms with Gasteiger partial charge in [0.1, 0.15) is 5.75 Å². The van der Waals surface area contributed by atoms with Crippen LogP contribution in [0, 0.1) is 5.92 Å². The van der Waals surface area contributed by atoms with E-state index >= 15 is 0 Å². The van der Waals surface area contributed by atoms with Crippen molar-refractivity contribution in [3.63, 3.8) is 0 Å². The highest BCUT2D eigenvalue weighted by Gasteiger charge is 2.47. The third kappa shape index (κ3) is 7.60. The van der Waals surface area contributed by atoms with Crippen molar-refractivity contribution in [2.24, 2.45) is 5.92 Å². The van der Waals surface area contributed by atoms with Crippen LogP contribution in [0.5, 0.6) is 5.75 Å². The Balaban J connectivity index is 1.53. The van der Waals surface area contributed by atoms with Gasteiger partial charge in [0.05, 0.1) is 25.4 Å². The standard InChI is InChI=1S/C30H45N5O4/c1-4-5-14-34(15-7-6-13-32(2)3)28(36)21-35-20-25(23-8-9-27-24(19-23)11-18-39-27)29(30(37)38)26(35)10-16-33-17-12-31-22-33/h8-9,12,17,19,22,25-26,29H,4-7,10-11,13-16,18,20-21H2,1-3H3,(H,37,38)/t25-,26+,29-/m1/s1. The van der Waals surface area contributed by atoms with Crippen molar-refractivity contribution in [1.29, 1.82) is 0 Å². The number of nitrogens with zero attached hydrogens (tertiary/aromatic N) is 5. The van der Waals surface area contributed by atoms with E-state index in [0.29, 0.717) is 26.1 Å². The molecule has 214 valence electrons. The first-order chi connectivity index (χ1) is 18.9. The molecule has 9 heteroatoms. The maximum atomic E-state index is 13.7. The van der Waals surface area contributed by atoms with Crippen LogP contribution in [-0.2, 0) is 22.6 Å². The maximum Gasteiger partial charge on any atom is 0.308 e. The summed E-state index contributed by atoms with van der Waals surface area (Å²) in [6, 6.07) is 5.87. The number of unbranched alkanes of at least 4 members (excludes halogenated alkanes) is 2. The number of carbonyl (C=O) groups excluding carboxylic acids is 1. The number of likely N-dealkylation sites (tertiary alicyclic amines) is 1. The van der Waals surface area contributed by atoms with Gasteiger partial charge >= 0.3 is 5.97 Å². The van der Waals surface area contributed by atoms with E-state index in [2.05, 4.69) is 41.9 Å². The molecule has 0 spiro atoms. The van der Waals surface area contributed by atoms with E-state index in [0.717, 1.165) is 68.6 Å². The SMILES string of the molecule is CCCCN(CCCCN(C)C)C(=O)CN1C[C@H](c2ccc3c(c2)CCO3)[C@@H](C(=O)O)[C@@H]1CCn1ccnc1. The van der Waals surface area contributed by atoms with E-state index in [4.69, 9.17) is 4.74 Å². The summed E-state index contributed by atoms with van der Waals surface area (Å²) in [5, 5.41) is 10.5. The number of aliphatic carboxylic acids is 1. The quantitative estimate of drug-likeness (QED) is 0.347. The molecule has 0 saturated carbocycles. The predicted molar refractivity (Wildman–Crippen MR) is 151 cm³/mol. The molecular weight excluding hydrogens is 494 g/mol. The zero-order valence-corrected chi connectivity index (χ0v) is 23.8. The second-order valence-corrected chi connectivity index (χ2v) is 11.3. The first kappa shape index (κ1) is 29.1. The van der Waals surface area contributed by atoms with Crippen LogP contribution in [0.15, 0.2) is 36.9 Å². The summed E-state index contributed by atoms with van der Waals surface area (Å²) >= 11 is 0. The van der Waals surface area contributed by atoms with Gasteiger partial charge in [0, 0.05) is 57.0 Å². The lowest BCUT2D eigenvalue weighted by Gasteiger charge is -2.30. The fraction of sp³-hybridized carbons (Fsp3) is 0.633. The average molecular weight is 540 g/mol. The molecule has 39 heavy (non-hydrogen) atoms. The zero-order valence-electron chi connectivity index (χ0n) is 23.8. The second-order valence-electron chi connectivity index (χ2n) is 11.3. The third-order valence-corrected chi connectivity index (χ3v) is 8.17. The minimum absolute atomic E-state index is 0.105. The van der Waals surface area contributed by atoms with Crippen LogP contribution in [0.2, 0.25) is 0 Å². The Morgan fingerprint density at radius 2 is 1.95 bits per heavy atom. The smallest absolute Gasteiger partial charge is 0.308 e. The van der Waals surface area contributed by atoms with Gasteiger partial charge in [-0.15, -0.1) is 0 Å². The van der Waals surface area contributed by atoms with E-state index in [1.165, 1.54) is 0 Å². The fourth-order valence-electron chi connectivity index (χ4n) is 6.04. The molecular formula is C30H45N5O4. The van der Waals surface area contributed by atoms with Crippen molar-refractivity contribution in [3.8, 4) is 5.75 Å². The molecule has 1 aromatic carbocycles. The summed E-state index contributed by atoms with van der Waals surface area (Å²) in [6.45, 7) is 6.78. The molecule has 0 aliphatic carbocycles. The predicted octanol–water partition coefficient (Wildman–Crippen LogP) is 3.35. The normalized spacial score (nSPS) is 20.8. The number of aryl methyl sites for hydroxylation is 1. The lowest BCUT2D eigenvalue weighted by molar-refractivity contribution is -0.144. The van der Waals surface area contributed by atoms with Crippen LogP contribution >= 0.6 is 0 Å². The van der Waals surface area contributed by atoms with Crippen molar-refractivity contribution in [2.75, 3.05) is 53.4 Å². The number of carboxylic acids is 1. The van der Waals surface area contributed by atoms with Gasteiger partial charge < -0.3 is 24.2 Å². The first-order valence-corrected chi connectivity index (χ1v) is 14.5. The van der Waals surface area contributed by atoms with Gasteiger partial charge in [-0.1, -0.05) is 25.5 Å². The molecule has 3 heterocycles. The summed E-state index contributed by atoms with van der Waals surface area (Å²) in [6.07, 6.45) is 10.9. The number of amides is 1. The highest BCUT2D eigenvalue weighted by molar-refractivity contribution is 5.79. The Labute approximate surface area is 232 Å². The van der Waals surface area contributed by atoms with Crippen molar-refractivity contribution in [3.05, 3.63) is 48.0 Å². The van der Waals surface area contributed by atoms with Crippen LogP contribution in [0.3, 0.4) is 0 Å². The molecule has 1 fully saturated rings. The first-order valence-electron chi connectivity index (χ1n) is 14.5. The van der Waals surface area contributed by atoms with Gasteiger partial charge in [-0.05, 0) is 63.5 Å². The lowest BCUT2D eigenvalue weighted by atomic mass is 9.83. The van der Waals surface area contributed by atoms with Crippen molar-refractivity contribution in [2.45, 2.75) is 64.0 Å². The number of hydrogen-bond donors (Lipinski definition) is 1. The van der Waals surface area contributed by atoms with Crippen LogP contribution in [-0.4, -0.2) is 101 Å². The lowest BCUT2D eigenvalue weighted by Crippen LogP contribution is -2.45. The van der Waals surface area contributed by atoms with E-state index in [1.54, 1.807) is 12.5 Å². The van der Waals surface area contributed by atoms with E-state index in [9.17, 15) is 14.7 Å². The third-order valence-electron chi connectivity index (χ3n) is 8.17. The Kier molecular flexibility index (Phi) is 10.4. The van der Waals surface area contributed by atoms with E-state index in [-0.39, 0.29) is 24.4 Å². The molecule has 9 nitrogen and oxygen atoms in total. The summed E-state index contributed by atoms with van der Waals surface area (Å²) in [4.78, 5) is 36.9. The maximum absolute atomic E-state index is 13.7. The summed E-state index contributed by atoms with van der Waals surface area (Å²) < 4.78 is 7.67. The zero-order chi connectivity index (χ0) is 27.8.